The lowest BCUT2D eigenvalue weighted by Crippen LogP contribution is -2.44. The smallest absolute Gasteiger partial charge is 0.294 e. The van der Waals surface area contributed by atoms with Crippen LogP contribution in [-0.2, 0) is 16.2 Å². The zero-order valence-electron chi connectivity index (χ0n) is 19.7. The number of halogens is 1. The molecule has 4 rings (SSSR count). The fourth-order valence-electron chi connectivity index (χ4n) is 4.09. The maximum atomic E-state index is 12.9. The summed E-state index contributed by atoms with van der Waals surface area (Å²) in [5, 5.41) is -0.134. The van der Waals surface area contributed by atoms with Crippen molar-refractivity contribution in [2.45, 2.75) is 32.8 Å². The molecule has 0 spiro atoms. The van der Waals surface area contributed by atoms with Gasteiger partial charge in [0.25, 0.3) is 11.1 Å². The van der Waals surface area contributed by atoms with Gasteiger partial charge >= 0.3 is 0 Å². The molecule has 0 bridgehead atoms. The number of aryl methyl sites for hydroxylation is 1. The highest BCUT2D eigenvalue weighted by Crippen LogP contribution is 2.39. The summed E-state index contributed by atoms with van der Waals surface area (Å²) in [4.78, 5) is 40.9. The molecule has 7 nitrogen and oxygen atoms in total. The molecule has 0 aromatic heterocycles. The number of carbonyl (C=O) groups is 3. The van der Waals surface area contributed by atoms with Crippen molar-refractivity contribution in [2.24, 2.45) is 0 Å². The van der Waals surface area contributed by atoms with Crippen LogP contribution in [0, 0.1) is 6.92 Å². The van der Waals surface area contributed by atoms with Crippen molar-refractivity contribution in [3.63, 3.8) is 0 Å². The van der Waals surface area contributed by atoms with Crippen LogP contribution >= 0.6 is 23.4 Å². The predicted octanol–water partition coefficient (Wildman–Crippen LogP) is 5.28. The van der Waals surface area contributed by atoms with Crippen LogP contribution in [0.4, 0.5) is 4.79 Å². The number of methoxy groups -OCH3 is 1. The zero-order valence-corrected chi connectivity index (χ0v) is 21.3. The summed E-state index contributed by atoms with van der Waals surface area (Å²) in [7, 11) is 1.51. The van der Waals surface area contributed by atoms with Crippen LogP contribution < -0.4 is 9.47 Å². The second-order valence-corrected chi connectivity index (χ2v) is 9.92. The Labute approximate surface area is 214 Å². The quantitative estimate of drug-likeness (QED) is 0.468. The summed E-state index contributed by atoms with van der Waals surface area (Å²) in [6.45, 7) is 3.43. The van der Waals surface area contributed by atoms with E-state index in [4.69, 9.17) is 21.1 Å². The normalized spacial score (nSPS) is 17.3. The first-order chi connectivity index (χ1) is 16.9. The number of benzene rings is 2. The predicted molar refractivity (Wildman–Crippen MR) is 137 cm³/mol. The van der Waals surface area contributed by atoms with Crippen LogP contribution in [0.3, 0.4) is 0 Å². The summed E-state index contributed by atoms with van der Waals surface area (Å²) in [5.74, 6) is 0.122. The van der Waals surface area contributed by atoms with Crippen molar-refractivity contribution in [1.29, 1.82) is 0 Å². The molecule has 2 aliphatic heterocycles. The topological polar surface area (TPSA) is 76.2 Å². The monoisotopic (exact) mass is 514 g/mol. The van der Waals surface area contributed by atoms with E-state index in [1.54, 1.807) is 23.1 Å². The van der Waals surface area contributed by atoms with Gasteiger partial charge in [-0.1, -0.05) is 41.4 Å². The Morgan fingerprint density at radius 2 is 1.91 bits per heavy atom. The summed E-state index contributed by atoms with van der Waals surface area (Å²) in [6, 6.07) is 11.3. The maximum absolute atomic E-state index is 12.9. The molecule has 0 atom stereocenters. The average molecular weight is 515 g/mol. The lowest BCUT2D eigenvalue weighted by molar-refractivity contribution is -0.136. The standard InChI is InChI=1S/C26H27ClN2O5S/c1-17-7-6-8-18(11-17)16-34-24-20(27)12-19(13-21(24)33-2)14-22-25(31)29(26(32)35-22)15-23(30)28-9-4-3-5-10-28/h6-8,11-14H,3-5,9-10,15-16H2,1-2H3/b22-14-. The van der Waals surface area contributed by atoms with Crippen molar-refractivity contribution in [2.75, 3.05) is 26.7 Å². The van der Waals surface area contributed by atoms with E-state index in [9.17, 15) is 14.4 Å². The summed E-state index contributed by atoms with van der Waals surface area (Å²) in [6.07, 6.45) is 4.56. The van der Waals surface area contributed by atoms with Crippen LogP contribution in [-0.4, -0.2) is 53.6 Å². The number of rotatable bonds is 7. The molecule has 184 valence electrons. The molecule has 2 saturated heterocycles. The molecule has 0 saturated carbocycles. The highest BCUT2D eigenvalue weighted by molar-refractivity contribution is 8.18. The number of carbonyl (C=O) groups excluding carboxylic acids is 3. The molecule has 0 radical (unpaired) electrons. The molecule has 2 aliphatic rings. The van der Waals surface area contributed by atoms with Crippen LogP contribution in [0.15, 0.2) is 41.3 Å². The number of thioether (sulfide) groups is 1. The number of nitrogens with zero attached hydrogens (tertiary/aromatic N) is 2. The van der Waals surface area contributed by atoms with E-state index in [1.165, 1.54) is 7.11 Å². The first-order valence-corrected chi connectivity index (χ1v) is 12.6. The molecule has 0 aliphatic carbocycles. The van der Waals surface area contributed by atoms with Gasteiger partial charge < -0.3 is 14.4 Å². The van der Waals surface area contributed by atoms with Gasteiger partial charge in [-0.3, -0.25) is 19.3 Å². The number of hydrogen-bond donors (Lipinski definition) is 0. The minimum absolute atomic E-state index is 0.201. The van der Waals surface area contributed by atoms with Crippen molar-refractivity contribution < 1.29 is 23.9 Å². The van der Waals surface area contributed by atoms with Gasteiger partial charge in [0.05, 0.1) is 17.0 Å². The zero-order chi connectivity index (χ0) is 24.9. The largest absolute Gasteiger partial charge is 0.493 e. The van der Waals surface area contributed by atoms with Gasteiger partial charge in [-0.25, -0.2) is 0 Å². The average Bonchev–Trinajstić information content (AvgIpc) is 3.10. The summed E-state index contributed by atoms with van der Waals surface area (Å²) < 4.78 is 11.4. The Bertz CT molecular complexity index is 1180. The van der Waals surface area contributed by atoms with Crippen LogP contribution in [0.2, 0.25) is 5.02 Å². The number of ether oxygens (including phenoxy) is 2. The molecular formula is C26H27ClN2O5S. The van der Waals surface area contributed by atoms with Gasteiger partial charge in [0.2, 0.25) is 5.91 Å². The molecule has 2 heterocycles. The molecule has 0 unspecified atom stereocenters. The van der Waals surface area contributed by atoms with Gasteiger partial charge in [0.1, 0.15) is 13.2 Å². The number of piperidine rings is 1. The third-order valence-corrected chi connectivity index (χ3v) is 7.08. The van der Waals surface area contributed by atoms with Gasteiger partial charge in [0, 0.05) is 13.1 Å². The fraction of sp³-hybridized carbons (Fsp3) is 0.346. The first-order valence-electron chi connectivity index (χ1n) is 11.4. The van der Waals surface area contributed by atoms with Gasteiger partial charge in [-0.05, 0) is 67.3 Å². The lowest BCUT2D eigenvalue weighted by atomic mass is 10.1. The Kier molecular flexibility index (Phi) is 8.03. The van der Waals surface area contributed by atoms with Gasteiger partial charge in [-0.15, -0.1) is 0 Å². The van der Waals surface area contributed by atoms with E-state index < -0.39 is 11.1 Å². The Morgan fingerprint density at radius 1 is 1.14 bits per heavy atom. The first kappa shape index (κ1) is 25.1. The van der Waals surface area contributed by atoms with Crippen molar-refractivity contribution in [1.82, 2.24) is 9.80 Å². The number of amides is 3. The molecule has 35 heavy (non-hydrogen) atoms. The molecule has 9 heteroatoms. The van der Waals surface area contributed by atoms with E-state index in [0.29, 0.717) is 41.8 Å². The Hall–Kier alpha value is -2.97. The fourth-order valence-corrected chi connectivity index (χ4v) is 5.20. The van der Waals surface area contributed by atoms with E-state index in [1.807, 2.05) is 31.2 Å². The molecule has 3 amide bonds. The number of hydrogen-bond acceptors (Lipinski definition) is 6. The van der Waals surface area contributed by atoms with E-state index in [-0.39, 0.29) is 17.4 Å². The van der Waals surface area contributed by atoms with Crippen molar-refractivity contribution >= 4 is 46.5 Å². The second-order valence-electron chi connectivity index (χ2n) is 8.52. The van der Waals surface area contributed by atoms with Gasteiger partial charge in [-0.2, -0.15) is 0 Å². The third-order valence-electron chi connectivity index (χ3n) is 5.89. The minimum Gasteiger partial charge on any atom is -0.493 e. The maximum Gasteiger partial charge on any atom is 0.294 e. The SMILES string of the molecule is COc1cc(/C=C2\SC(=O)N(CC(=O)N3CCCCC3)C2=O)cc(Cl)c1OCc1cccc(C)c1. The highest BCUT2D eigenvalue weighted by Gasteiger charge is 2.37. The van der Waals surface area contributed by atoms with Crippen molar-refractivity contribution in [3.05, 3.63) is 63.0 Å². The van der Waals surface area contributed by atoms with Gasteiger partial charge in [0.15, 0.2) is 11.5 Å². The van der Waals surface area contributed by atoms with Crippen LogP contribution in [0.25, 0.3) is 6.08 Å². The van der Waals surface area contributed by atoms with E-state index in [0.717, 1.165) is 47.1 Å². The molecule has 0 N–H and O–H groups in total. The molecular weight excluding hydrogens is 488 g/mol. The Balaban J connectivity index is 1.48. The summed E-state index contributed by atoms with van der Waals surface area (Å²) in [5.41, 5.74) is 2.72. The van der Waals surface area contributed by atoms with Crippen molar-refractivity contribution in [3.8, 4) is 11.5 Å². The summed E-state index contributed by atoms with van der Waals surface area (Å²) >= 11 is 7.30. The minimum atomic E-state index is -0.486. The third kappa shape index (κ3) is 6.00. The van der Waals surface area contributed by atoms with Crippen LogP contribution in [0.1, 0.15) is 36.0 Å². The van der Waals surface area contributed by atoms with E-state index in [2.05, 4.69) is 0 Å². The molecule has 2 aromatic rings. The van der Waals surface area contributed by atoms with Crippen LogP contribution in [0.5, 0.6) is 11.5 Å². The van der Waals surface area contributed by atoms with E-state index >= 15 is 0 Å². The lowest BCUT2D eigenvalue weighted by Gasteiger charge is -2.27. The molecule has 2 fully saturated rings. The second kappa shape index (κ2) is 11.2. The Morgan fingerprint density at radius 3 is 2.63 bits per heavy atom. The highest BCUT2D eigenvalue weighted by atomic mass is 35.5. The number of likely N-dealkylation sites (tertiary alicyclic amines) is 1. The number of imide groups is 1. The molecule has 2 aromatic carbocycles.